The number of nitrogens with zero attached hydrogens (tertiary/aromatic N) is 1. The number of rotatable bonds is 6. The van der Waals surface area contributed by atoms with Crippen molar-refractivity contribution in [1.82, 2.24) is 10.5 Å². The van der Waals surface area contributed by atoms with Crippen molar-refractivity contribution in [2.45, 2.75) is 32.4 Å². The fraction of sp³-hybridized carbons (Fsp3) is 0.273. The molecule has 1 aliphatic rings. The summed E-state index contributed by atoms with van der Waals surface area (Å²) in [5, 5.41) is 6.93. The third kappa shape index (κ3) is 4.01. The highest BCUT2D eigenvalue weighted by atomic mass is 16.5. The Morgan fingerprint density at radius 2 is 2.04 bits per heavy atom. The predicted octanol–water partition coefficient (Wildman–Crippen LogP) is 3.53. The molecule has 1 unspecified atom stereocenters. The number of nitrogens with one attached hydrogen (secondary N) is 1. The van der Waals surface area contributed by atoms with Crippen LogP contribution in [0.5, 0.6) is 11.5 Å². The predicted molar refractivity (Wildman–Crippen MR) is 104 cm³/mol. The molecule has 6 nitrogen and oxygen atoms in total. The maximum atomic E-state index is 12.2. The molecule has 1 amide bonds. The average molecular weight is 378 g/mol. The van der Waals surface area contributed by atoms with E-state index >= 15 is 0 Å². The van der Waals surface area contributed by atoms with Crippen LogP contribution >= 0.6 is 0 Å². The molecule has 2 heterocycles. The molecule has 0 radical (unpaired) electrons. The van der Waals surface area contributed by atoms with Crippen LogP contribution in [0.2, 0.25) is 0 Å². The molecule has 0 aliphatic carbocycles. The largest absolute Gasteiger partial charge is 0.497 e. The lowest BCUT2D eigenvalue weighted by atomic mass is 10.1. The summed E-state index contributed by atoms with van der Waals surface area (Å²) in [6.45, 7) is 2.51. The fourth-order valence-electron chi connectivity index (χ4n) is 3.28. The Balaban J connectivity index is 1.35. The Morgan fingerprint density at radius 1 is 1.21 bits per heavy atom. The summed E-state index contributed by atoms with van der Waals surface area (Å²) >= 11 is 0. The second-order valence-electron chi connectivity index (χ2n) is 6.94. The van der Waals surface area contributed by atoms with Crippen molar-refractivity contribution in [3.63, 3.8) is 0 Å². The zero-order valence-electron chi connectivity index (χ0n) is 15.9. The molecule has 0 saturated heterocycles. The summed E-state index contributed by atoms with van der Waals surface area (Å²) in [6, 6.07) is 15.4. The molecule has 0 fully saturated rings. The van der Waals surface area contributed by atoms with E-state index in [9.17, 15) is 4.79 Å². The molecule has 1 aliphatic heterocycles. The molecule has 4 rings (SSSR count). The molecule has 1 N–H and O–H groups in total. The Bertz CT molecular complexity index is 978. The number of fused-ring (bicyclic) bond motifs is 1. The molecule has 0 spiro atoms. The summed E-state index contributed by atoms with van der Waals surface area (Å²) < 4.78 is 16.3. The van der Waals surface area contributed by atoms with Gasteiger partial charge in [0.2, 0.25) is 5.91 Å². The van der Waals surface area contributed by atoms with E-state index in [1.165, 1.54) is 5.56 Å². The Hall–Kier alpha value is -3.28. The average Bonchev–Trinajstić information content (AvgIpc) is 3.31. The van der Waals surface area contributed by atoms with Gasteiger partial charge < -0.3 is 19.3 Å². The first-order valence-corrected chi connectivity index (χ1v) is 9.26. The van der Waals surface area contributed by atoms with Crippen LogP contribution in [0.15, 0.2) is 53.1 Å². The van der Waals surface area contributed by atoms with E-state index in [0.29, 0.717) is 18.0 Å². The van der Waals surface area contributed by atoms with E-state index in [0.717, 1.165) is 29.0 Å². The molecule has 2 aromatic carbocycles. The van der Waals surface area contributed by atoms with Gasteiger partial charge in [-0.3, -0.25) is 4.79 Å². The topological polar surface area (TPSA) is 73.6 Å². The van der Waals surface area contributed by atoms with E-state index < -0.39 is 0 Å². The zero-order valence-corrected chi connectivity index (χ0v) is 15.9. The summed E-state index contributed by atoms with van der Waals surface area (Å²) in [4.78, 5) is 12.2. The number of methoxy groups -OCH3 is 1. The first-order chi connectivity index (χ1) is 13.6. The minimum Gasteiger partial charge on any atom is -0.497 e. The van der Waals surface area contributed by atoms with Crippen LogP contribution in [0, 0.1) is 0 Å². The number of hydrogen-bond donors (Lipinski definition) is 1. The van der Waals surface area contributed by atoms with Gasteiger partial charge in [0.25, 0.3) is 0 Å². The molecule has 1 aromatic heterocycles. The molecule has 0 saturated carbocycles. The van der Waals surface area contributed by atoms with Crippen molar-refractivity contribution >= 4 is 5.91 Å². The van der Waals surface area contributed by atoms with Crippen molar-refractivity contribution in [3.05, 3.63) is 65.4 Å². The number of ether oxygens (including phenoxy) is 2. The number of hydrogen-bond acceptors (Lipinski definition) is 5. The van der Waals surface area contributed by atoms with Crippen molar-refractivity contribution < 1.29 is 18.8 Å². The highest BCUT2D eigenvalue weighted by Gasteiger charge is 2.20. The van der Waals surface area contributed by atoms with Crippen LogP contribution in [0.3, 0.4) is 0 Å². The third-order valence-electron chi connectivity index (χ3n) is 4.73. The third-order valence-corrected chi connectivity index (χ3v) is 4.73. The molecular weight excluding hydrogens is 356 g/mol. The van der Waals surface area contributed by atoms with Crippen LogP contribution in [0.1, 0.15) is 23.7 Å². The van der Waals surface area contributed by atoms with Crippen LogP contribution in [-0.2, 0) is 24.2 Å². The lowest BCUT2D eigenvalue weighted by Crippen LogP contribution is -2.24. The minimum atomic E-state index is -0.105. The van der Waals surface area contributed by atoms with Gasteiger partial charge in [-0.25, -0.2) is 0 Å². The van der Waals surface area contributed by atoms with Crippen LogP contribution < -0.4 is 14.8 Å². The van der Waals surface area contributed by atoms with Crippen molar-refractivity contribution in [3.8, 4) is 22.8 Å². The van der Waals surface area contributed by atoms with E-state index in [4.69, 9.17) is 14.0 Å². The maximum absolute atomic E-state index is 12.2. The second-order valence-corrected chi connectivity index (χ2v) is 6.94. The maximum Gasteiger partial charge on any atom is 0.226 e. The number of benzene rings is 2. The molecule has 1 atom stereocenters. The zero-order chi connectivity index (χ0) is 19.5. The van der Waals surface area contributed by atoms with Gasteiger partial charge in [-0.2, -0.15) is 0 Å². The number of amides is 1. The monoisotopic (exact) mass is 378 g/mol. The van der Waals surface area contributed by atoms with Gasteiger partial charge in [0.05, 0.1) is 19.2 Å². The normalized spacial score (nSPS) is 15.0. The van der Waals surface area contributed by atoms with Gasteiger partial charge >= 0.3 is 0 Å². The van der Waals surface area contributed by atoms with Gasteiger partial charge in [0.1, 0.15) is 17.6 Å². The van der Waals surface area contributed by atoms with Crippen molar-refractivity contribution in [2.75, 3.05) is 7.11 Å². The number of carbonyl (C=O) groups excluding carboxylic acids is 1. The van der Waals surface area contributed by atoms with Crippen LogP contribution in [-0.4, -0.2) is 24.3 Å². The van der Waals surface area contributed by atoms with E-state index in [2.05, 4.69) is 23.5 Å². The molecule has 0 bridgehead atoms. The van der Waals surface area contributed by atoms with E-state index in [1.54, 1.807) is 7.11 Å². The highest BCUT2D eigenvalue weighted by Crippen LogP contribution is 2.33. The number of aromatic nitrogens is 1. The van der Waals surface area contributed by atoms with Crippen molar-refractivity contribution in [2.24, 2.45) is 0 Å². The van der Waals surface area contributed by atoms with Gasteiger partial charge in [0.15, 0.2) is 5.76 Å². The van der Waals surface area contributed by atoms with E-state index in [1.807, 2.05) is 42.5 Å². The van der Waals surface area contributed by atoms with Gasteiger partial charge in [0, 0.05) is 24.6 Å². The van der Waals surface area contributed by atoms with Gasteiger partial charge in [-0.05, 0) is 48.4 Å². The fourth-order valence-corrected chi connectivity index (χ4v) is 3.28. The second kappa shape index (κ2) is 7.76. The molecule has 6 heteroatoms. The summed E-state index contributed by atoms with van der Waals surface area (Å²) in [6.07, 6.45) is 1.26. The summed E-state index contributed by atoms with van der Waals surface area (Å²) in [5.41, 5.74) is 3.71. The van der Waals surface area contributed by atoms with Crippen molar-refractivity contribution in [1.29, 1.82) is 0 Å². The number of carbonyl (C=O) groups is 1. The molecule has 144 valence electrons. The van der Waals surface area contributed by atoms with Gasteiger partial charge in [-0.1, -0.05) is 17.3 Å². The Labute approximate surface area is 163 Å². The van der Waals surface area contributed by atoms with Gasteiger partial charge in [-0.15, -0.1) is 0 Å². The van der Waals surface area contributed by atoms with Crippen LogP contribution in [0.4, 0.5) is 0 Å². The lowest BCUT2D eigenvalue weighted by Gasteiger charge is -2.05. The summed E-state index contributed by atoms with van der Waals surface area (Å²) in [5.74, 6) is 2.26. The SMILES string of the molecule is COc1ccc(CNC(=O)Cc2cc(-c3ccc4c(c3)CC(C)O4)on2)cc1. The first-order valence-electron chi connectivity index (χ1n) is 9.26. The smallest absolute Gasteiger partial charge is 0.226 e. The summed E-state index contributed by atoms with van der Waals surface area (Å²) in [7, 11) is 1.63. The molecule has 28 heavy (non-hydrogen) atoms. The minimum absolute atomic E-state index is 0.105. The molecule has 3 aromatic rings. The molecular formula is C22H22N2O4. The lowest BCUT2D eigenvalue weighted by molar-refractivity contribution is -0.120. The first kappa shape index (κ1) is 18.1. The van der Waals surface area contributed by atoms with E-state index in [-0.39, 0.29) is 18.4 Å². The Kier molecular flexibility index (Phi) is 5.02. The van der Waals surface area contributed by atoms with Crippen LogP contribution in [0.25, 0.3) is 11.3 Å². The quantitative estimate of drug-likeness (QED) is 0.710. The Morgan fingerprint density at radius 3 is 2.82 bits per heavy atom. The standard InChI is InChI=1S/C22H22N2O4/c1-14-9-17-10-16(5-8-20(17)27-14)21-11-18(24-28-21)12-22(25)23-13-15-3-6-19(26-2)7-4-15/h3-8,10-11,14H,9,12-13H2,1-2H3,(H,23,25). The highest BCUT2D eigenvalue weighted by molar-refractivity contribution is 5.78.